The molecule has 82 valence electrons. The molecule has 1 aliphatic heterocycles. The van der Waals surface area contributed by atoms with E-state index in [4.69, 9.17) is 9.47 Å². The number of hydrogen-bond donors (Lipinski definition) is 0. The van der Waals surface area contributed by atoms with Crippen LogP contribution in [0.3, 0.4) is 0 Å². The maximum absolute atomic E-state index is 5.97. The number of hydrogen-bond acceptors (Lipinski definition) is 3. The van der Waals surface area contributed by atoms with Crippen LogP contribution < -0.4 is 9.47 Å². The van der Waals surface area contributed by atoms with Crippen LogP contribution in [-0.2, 0) is 0 Å². The molecule has 2 heterocycles. The molecule has 0 N–H and O–H groups in total. The van der Waals surface area contributed by atoms with Gasteiger partial charge in [-0.1, -0.05) is 30.3 Å². The van der Waals surface area contributed by atoms with Gasteiger partial charge in [0.05, 0.1) is 6.61 Å². The largest absolute Gasteiger partial charge is 0.489 e. The van der Waals surface area contributed by atoms with E-state index < -0.39 is 0 Å². The Hall–Kier alpha value is -1.48. The second-order valence-electron chi connectivity index (χ2n) is 3.75. The van der Waals surface area contributed by atoms with E-state index >= 15 is 0 Å². The highest BCUT2D eigenvalue weighted by atomic mass is 32.1. The van der Waals surface area contributed by atoms with Crippen molar-refractivity contribution in [1.29, 1.82) is 0 Å². The summed E-state index contributed by atoms with van der Waals surface area (Å²) in [6.07, 6.45) is 1.00. The van der Waals surface area contributed by atoms with Crippen molar-refractivity contribution in [2.75, 3.05) is 6.61 Å². The molecule has 0 fully saturated rings. The fourth-order valence-electron chi connectivity index (χ4n) is 1.86. The Bertz CT molecular complexity index is 464. The number of thiophene rings is 1. The van der Waals surface area contributed by atoms with Crippen LogP contribution in [-0.4, -0.2) is 6.61 Å². The van der Waals surface area contributed by atoms with Gasteiger partial charge in [-0.3, -0.25) is 0 Å². The zero-order valence-corrected chi connectivity index (χ0v) is 9.57. The minimum Gasteiger partial charge on any atom is -0.489 e. The molecule has 0 bridgehead atoms. The lowest BCUT2D eigenvalue weighted by Gasteiger charge is -2.15. The number of fused-ring (bicyclic) bond motifs is 1. The zero-order valence-electron chi connectivity index (χ0n) is 8.76. The van der Waals surface area contributed by atoms with Gasteiger partial charge in [-0.15, -0.1) is 11.3 Å². The summed E-state index contributed by atoms with van der Waals surface area (Å²) in [5, 5.41) is 3.99. The van der Waals surface area contributed by atoms with E-state index in [1.54, 1.807) is 11.3 Å². The Morgan fingerprint density at radius 3 is 2.75 bits per heavy atom. The van der Waals surface area contributed by atoms with Crippen LogP contribution in [0.5, 0.6) is 11.5 Å². The van der Waals surface area contributed by atoms with Crippen molar-refractivity contribution in [2.45, 2.75) is 12.5 Å². The molecule has 0 aliphatic carbocycles. The van der Waals surface area contributed by atoms with E-state index in [1.165, 1.54) is 5.56 Å². The average Bonchev–Trinajstić information content (AvgIpc) is 2.68. The van der Waals surface area contributed by atoms with E-state index in [1.807, 2.05) is 29.0 Å². The summed E-state index contributed by atoms with van der Waals surface area (Å²) in [5.41, 5.74) is 1.21. The van der Waals surface area contributed by atoms with Crippen LogP contribution in [0, 0.1) is 0 Å². The smallest absolute Gasteiger partial charge is 0.172 e. The van der Waals surface area contributed by atoms with Crippen LogP contribution >= 0.6 is 11.3 Å². The first-order chi connectivity index (χ1) is 7.93. The standard InChI is InChI=1S/C13H12O2S/c1-2-4-10(5-3-1)11-6-7-14-12-8-16-9-13(12)15-11/h1-5,8-9,11H,6-7H2. The maximum Gasteiger partial charge on any atom is 0.172 e. The summed E-state index contributed by atoms with van der Waals surface area (Å²) < 4.78 is 11.6. The lowest BCUT2D eigenvalue weighted by molar-refractivity contribution is 0.195. The Labute approximate surface area is 98.4 Å². The van der Waals surface area contributed by atoms with Crippen LogP contribution in [0.1, 0.15) is 18.1 Å². The molecule has 16 heavy (non-hydrogen) atoms. The van der Waals surface area contributed by atoms with Crippen molar-refractivity contribution < 1.29 is 9.47 Å². The zero-order chi connectivity index (χ0) is 10.8. The van der Waals surface area contributed by atoms with Crippen molar-refractivity contribution in [2.24, 2.45) is 0 Å². The van der Waals surface area contributed by atoms with Gasteiger partial charge < -0.3 is 9.47 Å². The molecule has 1 unspecified atom stereocenters. The molecule has 2 aromatic rings. The van der Waals surface area contributed by atoms with Crippen molar-refractivity contribution >= 4 is 11.3 Å². The molecular formula is C13H12O2S. The van der Waals surface area contributed by atoms with E-state index in [0.717, 1.165) is 17.9 Å². The third-order valence-electron chi connectivity index (χ3n) is 2.67. The van der Waals surface area contributed by atoms with Crippen LogP contribution in [0.25, 0.3) is 0 Å². The summed E-state index contributed by atoms with van der Waals surface area (Å²) in [6.45, 7) is 0.712. The van der Waals surface area contributed by atoms with Crippen molar-refractivity contribution in [3.8, 4) is 11.5 Å². The van der Waals surface area contributed by atoms with E-state index in [-0.39, 0.29) is 6.10 Å². The Morgan fingerprint density at radius 1 is 1.06 bits per heavy atom. The van der Waals surface area contributed by atoms with E-state index in [0.29, 0.717) is 6.61 Å². The summed E-state index contributed by atoms with van der Waals surface area (Å²) in [6, 6.07) is 10.3. The molecule has 0 amide bonds. The summed E-state index contributed by atoms with van der Waals surface area (Å²) in [5.74, 6) is 1.75. The van der Waals surface area contributed by atoms with Crippen LogP contribution in [0.2, 0.25) is 0 Å². The summed E-state index contributed by atoms with van der Waals surface area (Å²) >= 11 is 1.61. The first-order valence-electron chi connectivity index (χ1n) is 5.34. The molecule has 0 radical (unpaired) electrons. The van der Waals surface area contributed by atoms with E-state index in [2.05, 4.69) is 12.1 Å². The molecular weight excluding hydrogens is 220 g/mol. The third-order valence-corrected chi connectivity index (χ3v) is 3.37. The minimum atomic E-state index is 0.108. The number of benzene rings is 1. The van der Waals surface area contributed by atoms with Gasteiger partial charge in [0.15, 0.2) is 11.5 Å². The fourth-order valence-corrected chi connectivity index (χ4v) is 2.53. The Kier molecular flexibility index (Phi) is 2.54. The quantitative estimate of drug-likeness (QED) is 0.747. The molecule has 1 atom stereocenters. The van der Waals surface area contributed by atoms with Gasteiger partial charge in [0, 0.05) is 17.2 Å². The number of ether oxygens (including phenoxy) is 2. The van der Waals surface area contributed by atoms with Crippen LogP contribution in [0.15, 0.2) is 41.1 Å². The van der Waals surface area contributed by atoms with Crippen molar-refractivity contribution in [3.05, 3.63) is 46.7 Å². The summed E-state index contributed by atoms with van der Waals surface area (Å²) in [4.78, 5) is 0. The highest BCUT2D eigenvalue weighted by molar-refractivity contribution is 7.08. The molecule has 0 saturated carbocycles. The molecule has 1 aromatic carbocycles. The lowest BCUT2D eigenvalue weighted by atomic mass is 10.1. The van der Waals surface area contributed by atoms with Gasteiger partial charge in [-0.2, -0.15) is 0 Å². The lowest BCUT2D eigenvalue weighted by Crippen LogP contribution is -2.08. The average molecular weight is 232 g/mol. The van der Waals surface area contributed by atoms with Gasteiger partial charge in [0.1, 0.15) is 6.10 Å². The van der Waals surface area contributed by atoms with E-state index in [9.17, 15) is 0 Å². The Balaban J connectivity index is 1.89. The predicted molar refractivity (Wildman–Crippen MR) is 64.2 cm³/mol. The first-order valence-corrected chi connectivity index (χ1v) is 6.28. The SMILES string of the molecule is c1ccc(C2CCOc3cscc3O2)cc1. The molecule has 3 heteroatoms. The van der Waals surface area contributed by atoms with Gasteiger partial charge >= 0.3 is 0 Å². The summed E-state index contributed by atoms with van der Waals surface area (Å²) in [7, 11) is 0. The monoisotopic (exact) mass is 232 g/mol. The van der Waals surface area contributed by atoms with Gasteiger partial charge in [-0.05, 0) is 5.56 Å². The maximum atomic E-state index is 5.97. The molecule has 1 aromatic heterocycles. The van der Waals surface area contributed by atoms with Crippen molar-refractivity contribution in [1.82, 2.24) is 0 Å². The third kappa shape index (κ3) is 1.78. The molecule has 1 aliphatic rings. The molecule has 0 saturated heterocycles. The van der Waals surface area contributed by atoms with Gasteiger partial charge in [0.25, 0.3) is 0 Å². The molecule has 2 nitrogen and oxygen atoms in total. The second kappa shape index (κ2) is 4.18. The Morgan fingerprint density at radius 2 is 1.88 bits per heavy atom. The molecule has 0 spiro atoms. The second-order valence-corrected chi connectivity index (χ2v) is 4.50. The minimum absolute atomic E-state index is 0.108. The highest BCUT2D eigenvalue weighted by Gasteiger charge is 2.20. The normalized spacial score (nSPS) is 19.1. The molecule has 3 rings (SSSR count). The number of rotatable bonds is 1. The van der Waals surface area contributed by atoms with Crippen molar-refractivity contribution in [3.63, 3.8) is 0 Å². The van der Waals surface area contributed by atoms with Gasteiger partial charge in [0.2, 0.25) is 0 Å². The van der Waals surface area contributed by atoms with Gasteiger partial charge in [-0.25, -0.2) is 0 Å². The predicted octanol–water partition coefficient (Wildman–Crippen LogP) is 3.65. The van der Waals surface area contributed by atoms with Crippen LogP contribution in [0.4, 0.5) is 0 Å². The fraction of sp³-hybridized carbons (Fsp3) is 0.231. The highest BCUT2D eigenvalue weighted by Crippen LogP contribution is 2.38. The topological polar surface area (TPSA) is 18.5 Å². The first kappa shape index (κ1) is 9.73.